The molecule has 1 aromatic rings. The number of amides is 1. The lowest BCUT2D eigenvalue weighted by molar-refractivity contribution is -0.144. The highest BCUT2D eigenvalue weighted by atomic mass is 16.4. The summed E-state index contributed by atoms with van der Waals surface area (Å²) in [6.07, 6.45) is 2.75. The van der Waals surface area contributed by atoms with Crippen LogP contribution in [0, 0.1) is 18.8 Å². The molecular weight excluding hydrogens is 266 g/mol. The van der Waals surface area contributed by atoms with Gasteiger partial charge in [-0.2, -0.15) is 0 Å². The Hall–Kier alpha value is -1.84. The molecule has 2 N–H and O–H groups in total. The monoisotopic (exact) mass is 289 g/mol. The van der Waals surface area contributed by atoms with Crippen molar-refractivity contribution in [1.82, 2.24) is 5.32 Å². The van der Waals surface area contributed by atoms with Crippen molar-refractivity contribution in [2.45, 2.75) is 45.6 Å². The molecule has 114 valence electrons. The van der Waals surface area contributed by atoms with E-state index in [2.05, 4.69) is 5.32 Å². The van der Waals surface area contributed by atoms with E-state index in [-0.39, 0.29) is 23.8 Å². The summed E-state index contributed by atoms with van der Waals surface area (Å²) in [6.45, 7) is 3.99. The van der Waals surface area contributed by atoms with E-state index in [1.54, 1.807) is 0 Å². The zero-order valence-corrected chi connectivity index (χ0v) is 12.6. The number of carbonyl (C=O) groups excluding carboxylic acids is 1. The lowest BCUT2D eigenvalue weighted by Crippen LogP contribution is -2.36. The normalized spacial score (nSPS) is 23.3. The van der Waals surface area contributed by atoms with Crippen LogP contribution in [0.3, 0.4) is 0 Å². The number of hydrogen-bond donors (Lipinski definition) is 2. The molecule has 2 rings (SSSR count). The molecule has 0 spiro atoms. The Bertz CT molecular complexity index is 509. The van der Waals surface area contributed by atoms with Crippen LogP contribution in [-0.4, -0.2) is 17.0 Å². The average molecular weight is 289 g/mol. The number of benzene rings is 1. The average Bonchev–Trinajstić information content (AvgIpc) is 2.48. The minimum atomic E-state index is -0.779. The summed E-state index contributed by atoms with van der Waals surface area (Å²) >= 11 is 0. The fourth-order valence-corrected chi connectivity index (χ4v) is 2.92. The van der Waals surface area contributed by atoms with Gasteiger partial charge in [-0.15, -0.1) is 0 Å². The lowest BCUT2D eigenvalue weighted by Gasteiger charge is -2.27. The van der Waals surface area contributed by atoms with Crippen LogP contribution in [0.2, 0.25) is 0 Å². The molecule has 1 aromatic carbocycles. The Balaban J connectivity index is 1.94. The van der Waals surface area contributed by atoms with Crippen molar-refractivity contribution < 1.29 is 14.7 Å². The van der Waals surface area contributed by atoms with Gasteiger partial charge in [0.1, 0.15) is 0 Å². The number of nitrogens with one attached hydrogen (secondary N) is 1. The van der Waals surface area contributed by atoms with Gasteiger partial charge in [-0.1, -0.05) is 36.2 Å². The molecule has 3 atom stereocenters. The summed E-state index contributed by atoms with van der Waals surface area (Å²) in [4.78, 5) is 23.4. The van der Waals surface area contributed by atoms with Gasteiger partial charge in [-0.05, 0) is 38.7 Å². The second-order valence-electron chi connectivity index (χ2n) is 6.04. The highest BCUT2D eigenvalue weighted by molar-refractivity contribution is 5.80. The summed E-state index contributed by atoms with van der Waals surface area (Å²) in [5, 5.41) is 12.1. The largest absolute Gasteiger partial charge is 0.481 e. The van der Waals surface area contributed by atoms with Crippen LogP contribution < -0.4 is 5.32 Å². The molecule has 0 aromatic heterocycles. The van der Waals surface area contributed by atoms with Crippen molar-refractivity contribution in [1.29, 1.82) is 0 Å². The first-order valence-corrected chi connectivity index (χ1v) is 7.57. The summed E-state index contributed by atoms with van der Waals surface area (Å²) in [7, 11) is 0. The van der Waals surface area contributed by atoms with Gasteiger partial charge in [0, 0.05) is 5.92 Å². The molecule has 3 unspecified atom stereocenters. The second kappa shape index (κ2) is 6.74. The van der Waals surface area contributed by atoms with E-state index in [1.807, 2.05) is 38.1 Å². The molecule has 1 saturated carbocycles. The van der Waals surface area contributed by atoms with Gasteiger partial charge < -0.3 is 10.4 Å². The first-order valence-electron chi connectivity index (χ1n) is 7.57. The smallest absolute Gasteiger partial charge is 0.306 e. The van der Waals surface area contributed by atoms with Crippen molar-refractivity contribution in [2.24, 2.45) is 11.8 Å². The minimum Gasteiger partial charge on any atom is -0.481 e. The number of carboxylic acid groups (broad SMARTS) is 1. The molecule has 21 heavy (non-hydrogen) atoms. The lowest BCUT2D eigenvalue weighted by atomic mass is 9.81. The van der Waals surface area contributed by atoms with E-state index >= 15 is 0 Å². The van der Waals surface area contributed by atoms with Gasteiger partial charge in [0.05, 0.1) is 12.0 Å². The highest BCUT2D eigenvalue weighted by Crippen LogP contribution is 2.30. The van der Waals surface area contributed by atoms with Gasteiger partial charge in [0.25, 0.3) is 0 Å². The second-order valence-corrected chi connectivity index (χ2v) is 6.04. The molecule has 0 heterocycles. The summed E-state index contributed by atoms with van der Waals surface area (Å²) in [5.41, 5.74) is 2.26. The molecule has 0 saturated heterocycles. The molecule has 1 aliphatic carbocycles. The fourth-order valence-electron chi connectivity index (χ4n) is 2.92. The van der Waals surface area contributed by atoms with Crippen LogP contribution in [-0.2, 0) is 9.59 Å². The van der Waals surface area contributed by atoms with E-state index in [0.717, 1.165) is 18.4 Å². The molecule has 0 bridgehead atoms. The Labute approximate surface area is 125 Å². The third kappa shape index (κ3) is 4.06. The molecule has 0 aliphatic heterocycles. The Morgan fingerprint density at radius 1 is 1.19 bits per heavy atom. The third-order valence-electron chi connectivity index (χ3n) is 4.33. The predicted molar refractivity (Wildman–Crippen MR) is 80.8 cm³/mol. The SMILES string of the molecule is Cc1ccc(C(C)NC(=O)C2CCCC(C(=O)O)C2)cc1. The predicted octanol–water partition coefficient (Wildman–Crippen LogP) is 3.06. The van der Waals surface area contributed by atoms with Gasteiger partial charge in [-0.25, -0.2) is 0 Å². The van der Waals surface area contributed by atoms with Crippen molar-refractivity contribution in [3.8, 4) is 0 Å². The molecule has 4 heteroatoms. The summed E-state index contributed by atoms with van der Waals surface area (Å²) in [5.74, 6) is -1.34. The zero-order chi connectivity index (χ0) is 15.4. The van der Waals surface area contributed by atoms with E-state index in [0.29, 0.717) is 12.8 Å². The van der Waals surface area contributed by atoms with E-state index in [4.69, 9.17) is 5.11 Å². The maximum Gasteiger partial charge on any atom is 0.306 e. The minimum absolute atomic E-state index is 0.0194. The number of carboxylic acids is 1. The van der Waals surface area contributed by atoms with E-state index in [1.165, 1.54) is 5.56 Å². The Kier molecular flexibility index (Phi) is 4.99. The number of rotatable bonds is 4. The van der Waals surface area contributed by atoms with Crippen LogP contribution in [0.15, 0.2) is 24.3 Å². The number of aryl methyl sites for hydroxylation is 1. The van der Waals surface area contributed by atoms with Crippen LogP contribution >= 0.6 is 0 Å². The molecule has 4 nitrogen and oxygen atoms in total. The molecule has 1 fully saturated rings. The van der Waals surface area contributed by atoms with Gasteiger partial charge in [0.2, 0.25) is 5.91 Å². The molecule has 1 amide bonds. The topological polar surface area (TPSA) is 66.4 Å². The van der Waals surface area contributed by atoms with E-state index < -0.39 is 5.97 Å². The standard InChI is InChI=1S/C17H23NO3/c1-11-6-8-13(9-7-11)12(2)18-16(19)14-4-3-5-15(10-14)17(20)21/h6-9,12,14-15H,3-5,10H2,1-2H3,(H,18,19)(H,20,21). The van der Waals surface area contributed by atoms with E-state index in [9.17, 15) is 9.59 Å². The number of carbonyl (C=O) groups is 2. The van der Waals surface area contributed by atoms with Crippen molar-refractivity contribution in [2.75, 3.05) is 0 Å². The van der Waals surface area contributed by atoms with Crippen LogP contribution in [0.25, 0.3) is 0 Å². The van der Waals surface area contributed by atoms with Gasteiger partial charge in [0.15, 0.2) is 0 Å². The molecular formula is C17H23NO3. The Morgan fingerprint density at radius 3 is 2.43 bits per heavy atom. The quantitative estimate of drug-likeness (QED) is 0.895. The van der Waals surface area contributed by atoms with Crippen LogP contribution in [0.5, 0.6) is 0 Å². The maximum atomic E-state index is 12.3. The Morgan fingerprint density at radius 2 is 1.81 bits per heavy atom. The fraction of sp³-hybridized carbons (Fsp3) is 0.529. The molecule has 0 radical (unpaired) electrons. The van der Waals surface area contributed by atoms with Crippen LogP contribution in [0.1, 0.15) is 49.8 Å². The first kappa shape index (κ1) is 15.5. The highest BCUT2D eigenvalue weighted by Gasteiger charge is 2.31. The number of hydrogen-bond acceptors (Lipinski definition) is 2. The number of aliphatic carboxylic acids is 1. The van der Waals surface area contributed by atoms with Gasteiger partial charge in [-0.3, -0.25) is 9.59 Å². The zero-order valence-electron chi connectivity index (χ0n) is 12.6. The van der Waals surface area contributed by atoms with Crippen molar-refractivity contribution in [3.05, 3.63) is 35.4 Å². The van der Waals surface area contributed by atoms with Crippen molar-refractivity contribution >= 4 is 11.9 Å². The molecule has 1 aliphatic rings. The maximum absolute atomic E-state index is 12.3. The van der Waals surface area contributed by atoms with Crippen LogP contribution in [0.4, 0.5) is 0 Å². The van der Waals surface area contributed by atoms with Crippen molar-refractivity contribution in [3.63, 3.8) is 0 Å². The summed E-state index contributed by atoms with van der Waals surface area (Å²) < 4.78 is 0. The van der Waals surface area contributed by atoms with Gasteiger partial charge >= 0.3 is 5.97 Å². The first-order chi connectivity index (χ1) is 9.97. The summed E-state index contributed by atoms with van der Waals surface area (Å²) in [6, 6.07) is 8.03. The third-order valence-corrected chi connectivity index (χ3v) is 4.33.